The molecule has 1 aromatic heterocycles. The Morgan fingerprint density at radius 2 is 1.58 bits per heavy atom. The van der Waals surface area contributed by atoms with Gasteiger partial charge in [-0.05, 0) is 53.2 Å². The van der Waals surface area contributed by atoms with Crippen LogP contribution in [0.3, 0.4) is 0 Å². The van der Waals surface area contributed by atoms with Gasteiger partial charge in [-0.25, -0.2) is 4.98 Å². The number of aromatic nitrogens is 1. The van der Waals surface area contributed by atoms with Crippen molar-refractivity contribution in [1.82, 2.24) is 15.6 Å². The summed E-state index contributed by atoms with van der Waals surface area (Å²) >= 11 is 5.53. The third-order valence-electron chi connectivity index (χ3n) is 5.75. The van der Waals surface area contributed by atoms with Crippen molar-refractivity contribution in [3.8, 4) is 5.75 Å². The summed E-state index contributed by atoms with van der Waals surface area (Å²) in [5.74, 6) is 0.939. The van der Waals surface area contributed by atoms with Gasteiger partial charge in [-0.2, -0.15) is 0 Å². The van der Waals surface area contributed by atoms with Crippen molar-refractivity contribution in [2.75, 3.05) is 5.32 Å². The van der Waals surface area contributed by atoms with Crippen LogP contribution in [0.2, 0.25) is 0 Å². The lowest BCUT2D eigenvalue weighted by atomic mass is 9.92. The fraction of sp³-hybridized carbons (Fsp3) is 0.0690. The molecular formula is C29H24N4O2S. The summed E-state index contributed by atoms with van der Waals surface area (Å²) < 4.78 is 5.94. The number of ether oxygens (including phenoxy) is 1. The summed E-state index contributed by atoms with van der Waals surface area (Å²) in [6.45, 7) is 0.478. The molecule has 3 N–H and O–H groups in total. The molecule has 1 atom stereocenters. The normalized spacial score (nSPS) is 15.0. The van der Waals surface area contributed by atoms with Crippen LogP contribution >= 0.6 is 12.2 Å². The number of rotatable bonds is 7. The van der Waals surface area contributed by atoms with E-state index in [4.69, 9.17) is 17.0 Å². The molecule has 0 saturated carbocycles. The second-order valence-electron chi connectivity index (χ2n) is 8.20. The number of carbonyl (C=O) groups is 1. The van der Waals surface area contributed by atoms with E-state index < -0.39 is 6.04 Å². The second-order valence-corrected chi connectivity index (χ2v) is 8.61. The molecule has 1 amide bonds. The standard InChI is InChI=1S/C29H24N4O2S/c34-28(31-24-13-7-8-18-30-24)25-26(21-11-5-2-6-12-21)32-29(36)33-27(25)22-14-16-23(17-15-22)35-19-20-9-3-1-4-10-20/h1-18,27H,19H2,(H,30,31,34)(H2,32,33,36)/t27-/m0/s1. The van der Waals surface area contributed by atoms with Crippen molar-refractivity contribution in [2.24, 2.45) is 0 Å². The average Bonchev–Trinajstić information content (AvgIpc) is 2.93. The van der Waals surface area contributed by atoms with E-state index in [0.717, 1.165) is 22.4 Å². The Balaban J connectivity index is 1.47. The van der Waals surface area contributed by atoms with E-state index in [0.29, 0.717) is 28.8 Å². The Kier molecular flexibility index (Phi) is 7.00. The highest BCUT2D eigenvalue weighted by Gasteiger charge is 2.32. The van der Waals surface area contributed by atoms with Crippen LogP contribution in [0.15, 0.2) is 115 Å². The van der Waals surface area contributed by atoms with Gasteiger partial charge in [-0.3, -0.25) is 4.79 Å². The topological polar surface area (TPSA) is 75.3 Å². The Hall–Kier alpha value is -4.49. The van der Waals surface area contributed by atoms with E-state index in [1.807, 2.05) is 91.0 Å². The van der Waals surface area contributed by atoms with Gasteiger partial charge < -0.3 is 20.7 Å². The van der Waals surface area contributed by atoms with Gasteiger partial charge in [0.25, 0.3) is 5.91 Å². The number of benzene rings is 3. The first-order valence-electron chi connectivity index (χ1n) is 11.5. The van der Waals surface area contributed by atoms with Crippen LogP contribution in [0.25, 0.3) is 5.70 Å². The molecular weight excluding hydrogens is 468 g/mol. The molecule has 0 fully saturated rings. The lowest BCUT2D eigenvalue weighted by molar-refractivity contribution is -0.113. The predicted molar refractivity (Wildman–Crippen MR) is 145 cm³/mol. The molecule has 2 heterocycles. The van der Waals surface area contributed by atoms with E-state index in [2.05, 4.69) is 20.9 Å². The van der Waals surface area contributed by atoms with E-state index in [1.165, 1.54) is 0 Å². The number of pyridine rings is 1. The van der Waals surface area contributed by atoms with Crippen LogP contribution in [-0.2, 0) is 11.4 Å². The fourth-order valence-corrected chi connectivity index (χ4v) is 4.23. The number of nitrogens with zero attached hydrogens (tertiary/aromatic N) is 1. The molecule has 0 bridgehead atoms. The van der Waals surface area contributed by atoms with Crippen molar-refractivity contribution >= 4 is 34.8 Å². The van der Waals surface area contributed by atoms with Crippen LogP contribution in [0, 0.1) is 0 Å². The molecule has 1 aliphatic heterocycles. The van der Waals surface area contributed by atoms with Gasteiger partial charge in [-0.15, -0.1) is 0 Å². The number of hydrogen-bond acceptors (Lipinski definition) is 4. The number of anilines is 1. The zero-order chi connectivity index (χ0) is 24.7. The van der Waals surface area contributed by atoms with Gasteiger partial charge in [0.1, 0.15) is 18.2 Å². The van der Waals surface area contributed by atoms with Crippen LogP contribution in [0.1, 0.15) is 22.7 Å². The predicted octanol–water partition coefficient (Wildman–Crippen LogP) is 5.23. The first-order chi connectivity index (χ1) is 17.7. The highest BCUT2D eigenvalue weighted by Crippen LogP contribution is 2.32. The van der Waals surface area contributed by atoms with Gasteiger partial charge >= 0.3 is 0 Å². The summed E-state index contributed by atoms with van der Waals surface area (Å²) in [4.78, 5) is 17.9. The molecule has 0 aliphatic carbocycles. The summed E-state index contributed by atoms with van der Waals surface area (Å²) in [6, 6.07) is 32.3. The Bertz CT molecular complexity index is 1380. The maximum absolute atomic E-state index is 13.6. The SMILES string of the molecule is O=C(Nc1ccccn1)C1=C(c2ccccc2)NC(=S)N[C@H]1c1ccc(OCc2ccccc2)cc1. The summed E-state index contributed by atoms with van der Waals surface area (Å²) in [7, 11) is 0. The molecule has 5 rings (SSSR count). The highest BCUT2D eigenvalue weighted by atomic mass is 32.1. The number of nitrogens with one attached hydrogen (secondary N) is 3. The van der Waals surface area contributed by atoms with Gasteiger partial charge in [0.05, 0.1) is 17.3 Å². The number of carbonyl (C=O) groups excluding carboxylic acids is 1. The van der Waals surface area contributed by atoms with Crippen molar-refractivity contribution in [2.45, 2.75) is 12.6 Å². The van der Waals surface area contributed by atoms with E-state index >= 15 is 0 Å². The number of thiocarbonyl (C=S) groups is 1. The molecule has 7 heteroatoms. The maximum Gasteiger partial charge on any atom is 0.257 e. The molecule has 0 radical (unpaired) electrons. The van der Waals surface area contributed by atoms with Crippen LogP contribution in [-0.4, -0.2) is 16.0 Å². The zero-order valence-electron chi connectivity index (χ0n) is 19.3. The quantitative estimate of drug-likeness (QED) is 0.307. The largest absolute Gasteiger partial charge is 0.489 e. The van der Waals surface area contributed by atoms with Crippen LogP contribution in [0.4, 0.5) is 5.82 Å². The maximum atomic E-state index is 13.6. The Labute approximate surface area is 215 Å². The van der Waals surface area contributed by atoms with E-state index in [9.17, 15) is 4.79 Å². The Morgan fingerprint density at radius 3 is 2.28 bits per heavy atom. The third-order valence-corrected chi connectivity index (χ3v) is 5.97. The number of hydrogen-bond donors (Lipinski definition) is 3. The molecule has 6 nitrogen and oxygen atoms in total. The summed E-state index contributed by atoms with van der Waals surface area (Å²) in [6.07, 6.45) is 1.64. The van der Waals surface area contributed by atoms with Crippen molar-refractivity contribution in [3.05, 3.63) is 132 Å². The minimum atomic E-state index is -0.471. The van der Waals surface area contributed by atoms with Crippen molar-refractivity contribution < 1.29 is 9.53 Å². The average molecular weight is 493 g/mol. The molecule has 0 saturated heterocycles. The molecule has 36 heavy (non-hydrogen) atoms. The van der Waals surface area contributed by atoms with E-state index in [-0.39, 0.29) is 5.91 Å². The molecule has 4 aromatic rings. The molecule has 3 aromatic carbocycles. The van der Waals surface area contributed by atoms with E-state index in [1.54, 1.807) is 18.3 Å². The Morgan fingerprint density at radius 1 is 0.889 bits per heavy atom. The smallest absolute Gasteiger partial charge is 0.257 e. The van der Waals surface area contributed by atoms with Gasteiger partial charge in [0.15, 0.2) is 5.11 Å². The van der Waals surface area contributed by atoms with Crippen LogP contribution < -0.4 is 20.7 Å². The van der Waals surface area contributed by atoms with Gasteiger partial charge in [0, 0.05) is 6.20 Å². The van der Waals surface area contributed by atoms with Crippen molar-refractivity contribution in [3.63, 3.8) is 0 Å². The third kappa shape index (κ3) is 5.42. The summed E-state index contributed by atoms with van der Waals surface area (Å²) in [5, 5.41) is 9.82. The lowest BCUT2D eigenvalue weighted by Gasteiger charge is -2.31. The van der Waals surface area contributed by atoms with Gasteiger partial charge in [-0.1, -0.05) is 78.9 Å². The summed E-state index contributed by atoms with van der Waals surface area (Å²) in [5.41, 5.74) is 4.00. The first kappa shape index (κ1) is 23.3. The zero-order valence-corrected chi connectivity index (χ0v) is 20.2. The number of amides is 1. The molecule has 1 aliphatic rings. The minimum absolute atomic E-state index is 0.274. The molecule has 178 valence electrons. The first-order valence-corrected chi connectivity index (χ1v) is 11.9. The van der Waals surface area contributed by atoms with Gasteiger partial charge in [0.2, 0.25) is 0 Å². The monoisotopic (exact) mass is 492 g/mol. The molecule has 0 unspecified atom stereocenters. The van der Waals surface area contributed by atoms with Crippen molar-refractivity contribution in [1.29, 1.82) is 0 Å². The highest BCUT2D eigenvalue weighted by molar-refractivity contribution is 7.80. The molecule has 0 spiro atoms. The van der Waals surface area contributed by atoms with Crippen LogP contribution in [0.5, 0.6) is 5.75 Å². The minimum Gasteiger partial charge on any atom is -0.489 e. The fourth-order valence-electron chi connectivity index (χ4n) is 4.01. The second kappa shape index (κ2) is 10.8. The lowest BCUT2D eigenvalue weighted by Crippen LogP contribution is -2.45.